The minimum Gasteiger partial charge on any atom is -0.490 e. The van der Waals surface area contributed by atoms with Gasteiger partial charge in [0, 0.05) is 23.4 Å². The molecule has 8 heteroatoms. The Hall–Kier alpha value is -3.42. The molecular formula is C23H26F2N2O4. The number of carbonyl (C=O) groups is 2. The summed E-state index contributed by atoms with van der Waals surface area (Å²) in [5, 5.41) is 5.55. The second kappa shape index (κ2) is 11.1. The molecule has 2 aromatic carbocycles. The molecule has 2 rings (SSSR count). The smallest absolute Gasteiger partial charge is 0.387 e. The van der Waals surface area contributed by atoms with E-state index in [2.05, 4.69) is 15.4 Å². The highest BCUT2D eigenvalue weighted by molar-refractivity contribution is 6.02. The van der Waals surface area contributed by atoms with Crippen LogP contribution in [0.3, 0.4) is 0 Å². The second-order valence-corrected chi connectivity index (χ2v) is 7.00. The van der Waals surface area contributed by atoms with Crippen LogP contribution in [0.5, 0.6) is 11.5 Å². The lowest BCUT2D eigenvalue weighted by Gasteiger charge is -2.12. The molecule has 2 aromatic rings. The number of hydrogen-bond acceptors (Lipinski definition) is 4. The third-order valence-electron chi connectivity index (χ3n) is 4.07. The maximum atomic E-state index is 12.5. The Bertz CT molecular complexity index is 959. The van der Waals surface area contributed by atoms with E-state index < -0.39 is 6.61 Å². The molecule has 0 saturated carbocycles. The number of alkyl halides is 2. The van der Waals surface area contributed by atoms with Crippen LogP contribution < -0.4 is 20.1 Å². The maximum absolute atomic E-state index is 12.5. The number of benzene rings is 2. The lowest BCUT2D eigenvalue weighted by Crippen LogP contribution is -2.30. The molecule has 0 fully saturated rings. The Balaban J connectivity index is 2.07. The molecule has 2 N–H and O–H groups in total. The number of amides is 2. The summed E-state index contributed by atoms with van der Waals surface area (Å²) in [6.45, 7) is 4.59. The monoisotopic (exact) mass is 432 g/mol. The minimum absolute atomic E-state index is 0.0238. The lowest BCUT2D eigenvalue weighted by molar-refractivity contribution is -0.111. The van der Waals surface area contributed by atoms with Crippen molar-refractivity contribution in [3.05, 3.63) is 59.2 Å². The van der Waals surface area contributed by atoms with E-state index in [1.807, 2.05) is 13.8 Å². The SMILES string of the molecule is CCOc1cc(C=CC(=O)Nc2ccc(C(=O)NC(C)C)c(C)c2)ccc1OC(F)F. The normalized spacial score (nSPS) is 11.1. The molecule has 0 aliphatic carbocycles. The number of anilines is 1. The summed E-state index contributed by atoms with van der Waals surface area (Å²) in [7, 11) is 0. The summed E-state index contributed by atoms with van der Waals surface area (Å²) < 4.78 is 34.7. The highest BCUT2D eigenvalue weighted by Gasteiger charge is 2.12. The van der Waals surface area contributed by atoms with E-state index in [0.29, 0.717) is 16.8 Å². The van der Waals surface area contributed by atoms with Crippen molar-refractivity contribution in [3.8, 4) is 11.5 Å². The number of rotatable bonds is 9. The molecule has 0 saturated heterocycles. The number of carbonyl (C=O) groups excluding carboxylic acids is 2. The quantitative estimate of drug-likeness (QED) is 0.559. The van der Waals surface area contributed by atoms with Gasteiger partial charge >= 0.3 is 6.61 Å². The lowest BCUT2D eigenvalue weighted by atomic mass is 10.1. The molecule has 0 radical (unpaired) electrons. The molecular weight excluding hydrogens is 406 g/mol. The summed E-state index contributed by atoms with van der Waals surface area (Å²) >= 11 is 0. The highest BCUT2D eigenvalue weighted by Crippen LogP contribution is 2.30. The summed E-state index contributed by atoms with van der Waals surface area (Å²) in [6.07, 6.45) is 2.84. The predicted octanol–water partition coefficient (Wildman–Crippen LogP) is 4.79. The fraction of sp³-hybridized carbons (Fsp3) is 0.304. The van der Waals surface area contributed by atoms with Gasteiger partial charge in [-0.2, -0.15) is 8.78 Å². The highest BCUT2D eigenvalue weighted by atomic mass is 19.3. The van der Waals surface area contributed by atoms with E-state index in [-0.39, 0.29) is 36.0 Å². The van der Waals surface area contributed by atoms with Crippen LogP contribution in [0, 0.1) is 6.92 Å². The molecule has 0 aliphatic heterocycles. The number of aryl methyl sites for hydroxylation is 1. The maximum Gasteiger partial charge on any atom is 0.387 e. The van der Waals surface area contributed by atoms with Crippen molar-refractivity contribution >= 4 is 23.6 Å². The van der Waals surface area contributed by atoms with Gasteiger partial charge in [-0.3, -0.25) is 9.59 Å². The number of nitrogens with one attached hydrogen (secondary N) is 2. The first-order chi connectivity index (χ1) is 14.7. The zero-order valence-electron chi connectivity index (χ0n) is 17.9. The van der Waals surface area contributed by atoms with E-state index in [1.54, 1.807) is 32.0 Å². The average Bonchev–Trinajstić information content (AvgIpc) is 2.67. The Morgan fingerprint density at radius 2 is 1.84 bits per heavy atom. The van der Waals surface area contributed by atoms with Gasteiger partial charge < -0.3 is 20.1 Å². The number of ether oxygens (including phenoxy) is 2. The van der Waals surface area contributed by atoms with Gasteiger partial charge in [0.15, 0.2) is 11.5 Å². The van der Waals surface area contributed by atoms with E-state index in [4.69, 9.17) is 4.74 Å². The first-order valence-electron chi connectivity index (χ1n) is 9.81. The van der Waals surface area contributed by atoms with Gasteiger partial charge in [-0.25, -0.2) is 0 Å². The summed E-state index contributed by atoms with van der Waals surface area (Å²) in [5.74, 6) is -0.467. The van der Waals surface area contributed by atoms with Crippen molar-refractivity contribution in [2.45, 2.75) is 40.3 Å². The molecule has 0 aromatic heterocycles. The summed E-state index contributed by atoms with van der Waals surface area (Å²) in [6, 6.07) is 9.45. The third kappa shape index (κ3) is 7.40. The molecule has 0 heterocycles. The molecule has 6 nitrogen and oxygen atoms in total. The Labute approximate surface area is 180 Å². The van der Waals surface area contributed by atoms with Crippen molar-refractivity contribution in [1.82, 2.24) is 5.32 Å². The molecule has 0 bridgehead atoms. The topological polar surface area (TPSA) is 76.7 Å². The third-order valence-corrected chi connectivity index (χ3v) is 4.07. The number of halogens is 2. The molecule has 166 valence electrons. The standard InChI is InChI=1S/C23H26F2N2O4/c1-5-30-20-13-16(6-10-19(20)31-23(24)25)7-11-21(28)27-17-8-9-18(15(4)12-17)22(29)26-14(2)3/h6-14,23H,5H2,1-4H3,(H,26,29)(H,27,28). The van der Waals surface area contributed by atoms with Gasteiger partial charge in [-0.05, 0) is 75.2 Å². The van der Waals surface area contributed by atoms with E-state index in [0.717, 1.165) is 5.56 Å². The van der Waals surface area contributed by atoms with Gasteiger partial charge in [0.05, 0.1) is 6.61 Å². The molecule has 31 heavy (non-hydrogen) atoms. The average molecular weight is 432 g/mol. The van der Waals surface area contributed by atoms with Crippen molar-refractivity contribution in [2.24, 2.45) is 0 Å². The summed E-state index contributed by atoms with van der Waals surface area (Å²) in [5.41, 5.74) is 2.40. The molecule has 2 amide bonds. The van der Waals surface area contributed by atoms with E-state index in [9.17, 15) is 18.4 Å². The van der Waals surface area contributed by atoms with Gasteiger partial charge in [-0.1, -0.05) is 6.07 Å². The molecule has 0 atom stereocenters. The predicted molar refractivity (Wildman–Crippen MR) is 116 cm³/mol. The van der Waals surface area contributed by atoms with Crippen LogP contribution in [0.2, 0.25) is 0 Å². The van der Waals surface area contributed by atoms with Crippen LogP contribution in [0.1, 0.15) is 42.3 Å². The van der Waals surface area contributed by atoms with Gasteiger partial charge in [0.1, 0.15) is 0 Å². The Morgan fingerprint density at radius 1 is 1.10 bits per heavy atom. The van der Waals surface area contributed by atoms with Crippen LogP contribution in [-0.4, -0.2) is 31.1 Å². The largest absolute Gasteiger partial charge is 0.490 e. The Morgan fingerprint density at radius 3 is 2.45 bits per heavy atom. The van der Waals surface area contributed by atoms with Crippen LogP contribution in [0.15, 0.2) is 42.5 Å². The second-order valence-electron chi connectivity index (χ2n) is 7.00. The first-order valence-corrected chi connectivity index (χ1v) is 9.81. The van der Waals surface area contributed by atoms with Crippen LogP contribution in [-0.2, 0) is 4.79 Å². The molecule has 0 unspecified atom stereocenters. The van der Waals surface area contributed by atoms with Crippen molar-refractivity contribution in [1.29, 1.82) is 0 Å². The van der Waals surface area contributed by atoms with Crippen molar-refractivity contribution in [2.75, 3.05) is 11.9 Å². The van der Waals surface area contributed by atoms with Crippen molar-refractivity contribution in [3.63, 3.8) is 0 Å². The zero-order valence-corrected chi connectivity index (χ0v) is 17.9. The van der Waals surface area contributed by atoms with Gasteiger partial charge in [-0.15, -0.1) is 0 Å². The first kappa shape index (κ1) is 23.9. The van der Waals surface area contributed by atoms with Crippen LogP contribution >= 0.6 is 0 Å². The van der Waals surface area contributed by atoms with Crippen LogP contribution in [0.25, 0.3) is 6.08 Å². The minimum atomic E-state index is -2.96. The van der Waals surface area contributed by atoms with Gasteiger partial charge in [0.2, 0.25) is 5.91 Å². The van der Waals surface area contributed by atoms with E-state index in [1.165, 1.54) is 30.4 Å². The fourth-order valence-electron chi connectivity index (χ4n) is 2.78. The number of hydrogen-bond donors (Lipinski definition) is 2. The van der Waals surface area contributed by atoms with Crippen molar-refractivity contribution < 1.29 is 27.8 Å². The van der Waals surface area contributed by atoms with Gasteiger partial charge in [0.25, 0.3) is 5.91 Å². The van der Waals surface area contributed by atoms with Crippen LogP contribution in [0.4, 0.5) is 14.5 Å². The summed E-state index contributed by atoms with van der Waals surface area (Å²) in [4.78, 5) is 24.4. The molecule has 0 spiro atoms. The Kier molecular flexibility index (Phi) is 8.54. The van der Waals surface area contributed by atoms with E-state index >= 15 is 0 Å². The zero-order chi connectivity index (χ0) is 23.0. The fourth-order valence-corrected chi connectivity index (χ4v) is 2.78. The molecule has 0 aliphatic rings.